The monoisotopic (exact) mass is 1490 g/mol. The number of aromatic nitrogens is 1. The van der Waals surface area contributed by atoms with E-state index in [1.54, 1.807) is 24.0 Å². The lowest BCUT2D eigenvalue weighted by Gasteiger charge is -2.43. The summed E-state index contributed by atoms with van der Waals surface area (Å²) in [4.78, 5) is 197. The number of benzene rings is 1. The second kappa shape index (κ2) is 38.1. The topological polar surface area (TPSA) is 283 Å². The molecule has 5 aliphatic rings. The third-order valence-corrected chi connectivity index (χ3v) is 22.8. The zero-order valence-corrected chi connectivity index (χ0v) is 64.3. The molecule has 3 saturated carbocycles. The number of pyridine rings is 1. The molecule has 1 spiro atoms. The number of alkyl halides is 3. The van der Waals surface area contributed by atoms with Crippen LogP contribution in [0, 0.1) is 23.7 Å². The van der Waals surface area contributed by atoms with Gasteiger partial charge >= 0.3 is 6.18 Å². The number of nitrogens with zero attached hydrogens (tertiary/aromatic N) is 10. The average Bonchev–Trinajstić information content (AvgIpc) is 1.73. The van der Waals surface area contributed by atoms with E-state index in [0.717, 1.165) is 83.1 Å². The lowest BCUT2D eigenvalue weighted by atomic mass is 9.81. The second-order valence-corrected chi connectivity index (χ2v) is 31.1. The van der Waals surface area contributed by atoms with Gasteiger partial charge in [-0.15, -0.1) is 0 Å². The molecule has 1 aromatic heterocycles. The predicted octanol–water partition coefficient (Wildman–Crippen LogP) is 6.51. The number of halogens is 4. The third-order valence-electron chi connectivity index (χ3n) is 22.5. The highest BCUT2D eigenvalue weighted by Gasteiger charge is 2.51. The van der Waals surface area contributed by atoms with Gasteiger partial charge in [0.05, 0.1) is 36.6 Å². The Labute approximate surface area is 622 Å². The molecule has 0 radical (unpaired) electrons. The molecule has 3 heterocycles. The Balaban J connectivity index is 1.33. The van der Waals surface area contributed by atoms with Crippen LogP contribution in [0.25, 0.3) is 0 Å². The molecular weight excluding hydrogens is 1380 g/mol. The summed E-state index contributed by atoms with van der Waals surface area (Å²) in [5, 5.41) is 8.16. The molecule has 2 saturated heterocycles. The lowest BCUT2D eigenvalue weighted by molar-refractivity contribution is -0.156. The summed E-state index contributed by atoms with van der Waals surface area (Å²) in [7, 11) is 11.3. The maximum atomic E-state index is 16.0. The first-order valence-corrected chi connectivity index (χ1v) is 38.0. The molecule has 3 aliphatic carbocycles. The van der Waals surface area contributed by atoms with Gasteiger partial charge in [-0.1, -0.05) is 122 Å². The minimum atomic E-state index is -4.78. The van der Waals surface area contributed by atoms with Crippen molar-refractivity contribution in [1.29, 1.82) is 0 Å². The van der Waals surface area contributed by atoms with E-state index >= 15 is 28.8 Å². The van der Waals surface area contributed by atoms with Gasteiger partial charge in [-0.05, 0) is 117 Å². The molecule has 29 heteroatoms. The summed E-state index contributed by atoms with van der Waals surface area (Å²) >= 11 is 6.20. The Hall–Kier alpha value is -7.91. The number of carbonyl (C=O) groups is 12. The van der Waals surface area contributed by atoms with Crippen LogP contribution < -0.4 is 16.0 Å². The third kappa shape index (κ3) is 21.9. The molecule has 2 aromatic rings. The highest BCUT2D eigenvalue weighted by Crippen LogP contribution is 2.38. The smallest absolute Gasteiger partial charge is 0.343 e. The molecule has 8 atom stereocenters. The van der Waals surface area contributed by atoms with E-state index in [2.05, 4.69) is 20.9 Å². The summed E-state index contributed by atoms with van der Waals surface area (Å²) in [6, 6.07) is -2.73. The van der Waals surface area contributed by atoms with E-state index in [0.29, 0.717) is 63.6 Å². The molecular formula is C76H113ClF3N13O12. The van der Waals surface area contributed by atoms with Gasteiger partial charge in [0.25, 0.3) is 0 Å². The van der Waals surface area contributed by atoms with Crippen LogP contribution >= 0.6 is 11.6 Å². The van der Waals surface area contributed by atoms with Crippen LogP contribution in [-0.4, -0.2) is 257 Å². The van der Waals surface area contributed by atoms with Gasteiger partial charge in [0, 0.05) is 88.3 Å². The van der Waals surface area contributed by atoms with Gasteiger partial charge in [0.1, 0.15) is 47.8 Å². The van der Waals surface area contributed by atoms with Gasteiger partial charge in [-0.2, -0.15) is 13.2 Å². The summed E-state index contributed by atoms with van der Waals surface area (Å²) < 4.78 is 41.9. The first-order valence-electron chi connectivity index (χ1n) is 37.6. The SMILES string of the molecule is CC[C@H](C)[C@@H]1NC(=O)[C@H](CC(C)C)N(C)C(=O)C[C@@H](C(=O)N2CCCC2)N(C)C(=O)[C@H](C2CCCCC2)N(C)C(=O)C2(CCCC2)NC(=O)[C@H](Cc2cccnc2)N(C)C(=O)[C@H](CCc2ccc(C(F)(F)F)c(Cl)c2)NC(=O)CN(C)C(=O)[C@H](CC2CCCCC2)N(C)C(=O)CN(C)C(=O)CN(C)C1=O. The minimum Gasteiger partial charge on any atom is -0.343 e. The second-order valence-electron chi connectivity index (χ2n) is 30.7. The molecule has 2 aliphatic heterocycles. The first kappa shape index (κ1) is 84.4. The number of rotatable bonds is 13. The van der Waals surface area contributed by atoms with Crippen molar-refractivity contribution in [2.75, 3.05) is 89.1 Å². The maximum absolute atomic E-state index is 16.0. The number of likely N-dealkylation sites (N-methyl/N-ethyl adjacent to an activating group) is 8. The van der Waals surface area contributed by atoms with Crippen molar-refractivity contribution < 1.29 is 70.7 Å². The van der Waals surface area contributed by atoms with E-state index in [-0.39, 0.29) is 62.3 Å². The van der Waals surface area contributed by atoms with Crippen LogP contribution in [0.1, 0.15) is 179 Å². The molecule has 25 nitrogen and oxygen atoms in total. The predicted molar refractivity (Wildman–Crippen MR) is 389 cm³/mol. The minimum absolute atomic E-state index is 0.00139. The van der Waals surface area contributed by atoms with Crippen molar-refractivity contribution in [3.63, 3.8) is 0 Å². The Bertz CT molecular complexity index is 3400. The fraction of sp³-hybridized carbons (Fsp3) is 0.697. The van der Waals surface area contributed by atoms with E-state index < -0.39 is 173 Å². The van der Waals surface area contributed by atoms with Gasteiger partial charge in [0.15, 0.2) is 0 Å². The van der Waals surface area contributed by atoms with Crippen LogP contribution in [-0.2, 0) is 76.6 Å². The molecule has 0 bridgehead atoms. The van der Waals surface area contributed by atoms with Gasteiger partial charge in [0.2, 0.25) is 70.9 Å². The van der Waals surface area contributed by atoms with Crippen LogP contribution in [0.2, 0.25) is 5.02 Å². The fourth-order valence-corrected chi connectivity index (χ4v) is 16.0. The highest BCUT2D eigenvalue weighted by atomic mass is 35.5. The van der Waals surface area contributed by atoms with Crippen LogP contribution in [0.15, 0.2) is 42.7 Å². The zero-order chi connectivity index (χ0) is 77.4. The van der Waals surface area contributed by atoms with E-state index in [9.17, 15) is 41.9 Å². The van der Waals surface area contributed by atoms with Crippen molar-refractivity contribution in [3.05, 3.63) is 64.4 Å². The first-order chi connectivity index (χ1) is 49.6. The Morgan fingerprint density at radius 1 is 0.629 bits per heavy atom. The molecule has 12 amide bonds. The standard InChI is InChI=1S/C76H113ClF3N13O12/c1-13-49(4)65-72(103)87(7)46-63(96)85(5)47-64(97)89(9)59(41-50-25-16-14-17-26-50)70(101)86(6)45-61(94)82-56(33-31-51-30-32-54(55(77)40-51)76(78,79)80)69(100)90(10)58(42-52-27-24-36-81-44-52)68(99)84-75(34-20-21-35-75)74(105)92(12)66(53-28-18-15-19-29-53)73(104)91(11)60(71(102)93-37-22-23-38-93)43-62(95)88(8)57(39-48(2)3)67(98)83-65/h24,27,30,32,36,40,44,48-50,53,56-60,65-66H,13-23,25-26,28-29,31,33-35,37-39,41-43,45-47H2,1-12H3,(H,82,94)(H,83,98)(H,84,99)/t49-,56-,57-,58-,59-,60-,65-,66-/m0/s1. The molecule has 3 N–H and O–H groups in total. The van der Waals surface area contributed by atoms with Gasteiger partial charge in [-0.3, -0.25) is 62.5 Å². The molecule has 582 valence electrons. The van der Waals surface area contributed by atoms with Crippen molar-refractivity contribution in [3.8, 4) is 0 Å². The zero-order valence-electron chi connectivity index (χ0n) is 63.6. The number of aryl methyl sites for hydroxylation is 1. The fourth-order valence-electron chi connectivity index (χ4n) is 15.7. The molecule has 0 unspecified atom stereocenters. The summed E-state index contributed by atoms with van der Waals surface area (Å²) in [6.07, 6.45) is 7.98. The normalized spacial score (nSPS) is 25.6. The Kier molecular flexibility index (Phi) is 30.6. The number of carbonyl (C=O) groups excluding carboxylic acids is 12. The Morgan fingerprint density at radius 2 is 1.24 bits per heavy atom. The number of amides is 12. The Morgan fingerprint density at radius 3 is 1.83 bits per heavy atom. The van der Waals surface area contributed by atoms with E-state index in [4.69, 9.17) is 11.6 Å². The van der Waals surface area contributed by atoms with Crippen molar-refractivity contribution in [2.45, 2.75) is 229 Å². The van der Waals surface area contributed by atoms with Crippen molar-refractivity contribution >= 4 is 82.5 Å². The number of nitrogens with one attached hydrogen (secondary N) is 3. The van der Waals surface area contributed by atoms with Gasteiger partial charge in [-0.25, -0.2) is 0 Å². The number of hydrogen-bond donors (Lipinski definition) is 3. The lowest BCUT2D eigenvalue weighted by Crippen LogP contribution is -2.65. The van der Waals surface area contributed by atoms with Crippen LogP contribution in [0.4, 0.5) is 13.2 Å². The number of likely N-dealkylation sites (tertiary alicyclic amines) is 1. The van der Waals surface area contributed by atoms with Crippen LogP contribution in [0.5, 0.6) is 0 Å². The van der Waals surface area contributed by atoms with Crippen LogP contribution in [0.3, 0.4) is 0 Å². The summed E-state index contributed by atoms with van der Waals surface area (Å²) in [6.45, 7) is 6.31. The van der Waals surface area contributed by atoms with E-state index in [1.807, 2.05) is 20.8 Å². The summed E-state index contributed by atoms with van der Waals surface area (Å²) in [5.74, 6) is -9.23. The molecule has 7 rings (SSSR count). The molecule has 5 fully saturated rings. The van der Waals surface area contributed by atoms with E-state index in [1.165, 1.54) is 94.4 Å². The van der Waals surface area contributed by atoms with Gasteiger partial charge < -0.3 is 60.0 Å². The molecule has 105 heavy (non-hydrogen) atoms. The molecule has 1 aromatic carbocycles. The maximum Gasteiger partial charge on any atom is 0.417 e. The summed E-state index contributed by atoms with van der Waals surface area (Å²) in [5.41, 5.74) is -1.99. The van der Waals surface area contributed by atoms with Crippen molar-refractivity contribution in [1.82, 2.24) is 65.0 Å². The average molecular weight is 1490 g/mol. The highest BCUT2D eigenvalue weighted by molar-refractivity contribution is 6.31. The van der Waals surface area contributed by atoms with Crippen molar-refractivity contribution in [2.24, 2.45) is 23.7 Å². The quantitative estimate of drug-likeness (QED) is 0.193. The largest absolute Gasteiger partial charge is 0.417 e. The number of hydrogen-bond acceptors (Lipinski definition) is 13.